The van der Waals surface area contributed by atoms with E-state index in [0.717, 1.165) is 6.42 Å². The van der Waals surface area contributed by atoms with E-state index in [9.17, 15) is 19.2 Å². The van der Waals surface area contributed by atoms with Crippen LogP contribution < -0.4 is 5.32 Å². The van der Waals surface area contributed by atoms with Gasteiger partial charge in [-0.05, 0) is 31.1 Å². The van der Waals surface area contributed by atoms with Gasteiger partial charge in [0.05, 0.1) is 6.04 Å². The summed E-state index contributed by atoms with van der Waals surface area (Å²) in [6, 6.07) is -0.649. The lowest BCUT2D eigenvalue weighted by Gasteiger charge is -2.39. The van der Waals surface area contributed by atoms with Crippen LogP contribution in [0.3, 0.4) is 0 Å². The Hall–Kier alpha value is -2.12. The van der Waals surface area contributed by atoms with Crippen molar-refractivity contribution in [1.82, 2.24) is 20.0 Å². The minimum absolute atomic E-state index is 0.0782. The van der Waals surface area contributed by atoms with E-state index >= 15 is 0 Å². The van der Waals surface area contributed by atoms with E-state index in [4.69, 9.17) is 0 Å². The van der Waals surface area contributed by atoms with Gasteiger partial charge in [0.2, 0.25) is 11.8 Å². The molecule has 0 aromatic rings. The second-order valence-electron chi connectivity index (χ2n) is 10.5. The minimum atomic E-state index is -0.914. The molecule has 3 aliphatic heterocycles. The van der Waals surface area contributed by atoms with Crippen LogP contribution in [-0.4, -0.2) is 76.2 Å². The standard InChI is InChI=1S/C22H36N4O4/c1-15(2)18(28)24-11-8-22(9-12-24)19(29)26(20(30)23-22)16-7-6-10-25(14-16)17(27)13-21(3,4)5/h15-16H,6-14H2,1-5H3,(H,23,30). The van der Waals surface area contributed by atoms with E-state index in [0.29, 0.717) is 51.9 Å². The van der Waals surface area contributed by atoms with E-state index in [2.05, 4.69) is 5.32 Å². The highest BCUT2D eigenvalue weighted by Crippen LogP contribution is 2.33. The molecule has 0 aromatic heterocycles. The van der Waals surface area contributed by atoms with E-state index in [1.54, 1.807) is 9.80 Å². The summed E-state index contributed by atoms with van der Waals surface area (Å²) in [6.45, 7) is 11.8. The number of nitrogens with one attached hydrogen (secondary N) is 1. The average molecular weight is 421 g/mol. The lowest BCUT2D eigenvalue weighted by atomic mass is 9.86. The summed E-state index contributed by atoms with van der Waals surface area (Å²) in [5.41, 5.74) is -1.02. The Morgan fingerprint density at radius 3 is 2.30 bits per heavy atom. The van der Waals surface area contributed by atoms with Gasteiger partial charge < -0.3 is 15.1 Å². The Morgan fingerprint density at radius 1 is 1.10 bits per heavy atom. The van der Waals surface area contributed by atoms with Crippen LogP contribution in [0.5, 0.6) is 0 Å². The first-order chi connectivity index (χ1) is 13.9. The molecule has 168 valence electrons. The van der Waals surface area contributed by atoms with Gasteiger partial charge in [-0.25, -0.2) is 4.79 Å². The highest BCUT2D eigenvalue weighted by atomic mass is 16.2. The molecule has 8 nitrogen and oxygen atoms in total. The quantitative estimate of drug-likeness (QED) is 0.707. The van der Waals surface area contributed by atoms with Gasteiger partial charge in [-0.2, -0.15) is 0 Å². The molecule has 3 heterocycles. The third-order valence-electron chi connectivity index (χ3n) is 6.41. The Bertz CT molecular complexity index is 719. The molecule has 0 radical (unpaired) electrons. The third kappa shape index (κ3) is 4.47. The van der Waals surface area contributed by atoms with Gasteiger partial charge in [0, 0.05) is 38.5 Å². The number of amides is 5. The molecule has 3 aliphatic rings. The molecule has 1 spiro atoms. The number of nitrogens with zero attached hydrogens (tertiary/aromatic N) is 3. The number of carbonyl (C=O) groups excluding carboxylic acids is 4. The molecule has 1 unspecified atom stereocenters. The van der Waals surface area contributed by atoms with Crippen molar-refractivity contribution in [3.63, 3.8) is 0 Å². The molecule has 1 N–H and O–H groups in total. The van der Waals surface area contributed by atoms with Crippen molar-refractivity contribution < 1.29 is 19.2 Å². The fourth-order valence-electron chi connectivity index (χ4n) is 4.74. The number of urea groups is 1. The zero-order valence-electron chi connectivity index (χ0n) is 19.0. The number of carbonyl (C=O) groups is 4. The fraction of sp³-hybridized carbons (Fsp3) is 0.818. The molecule has 3 fully saturated rings. The van der Waals surface area contributed by atoms with Gasteiger partial charge >= 0.3 is 6.03 Å². The number of likely N-dealkylation sites (tertiary alicyclic amines) is 2. The molecule has 0 bridgehead atoms. The largest absolute Gasteiger partial charge is 0.342 e. The normalized spacial score (nSPS) is 24.6. The maximum absolute atomic E-state index is 13.3. The number of rotatable bonds is 3. The minimum Gasteiger partial charge on any atom is -0.342 e. The zero-order chi connectivity index (χ0) is 22.3. The number of hydrogen-bond donors (Lipinski definition) is 1. The number of hydrogen-bond acceptors (Lipinski definition) is 4. The molecule has 0 aromatic carbocycles. The molecule has 0 saturated carbocycles. The predicted molar refractivity (Wildman–Crippen MR) is 112 cm³/mol. The summed E-state index contributed by atoms with van der Waals surface area (Å²) >= 11 is 0. The lowest BCUT2D eigenvalue weighted by molar-refractivity contribution is -0.142. The average Bonchev–Trinajstić information content (AvgIpc) is 2.90. The first kappa shape index (κ1) is 22.6. The summed E-state index contributed by atoms with van der Waals surface area (Å²) in [6.07, 6.45) is 2.81. The van der Waals surface area contributed by atoms with Crippen LogP contribution in [0.1, 0.15) is 66.7 Å². The fourth-order valence-corrected chi connectivity index (χ4v) is 4.74. The molecule has 0 aliphatic carbocycles. The molecule has 5 amide bonds. The van der Waals surface area contributed by atoms with Gasteiger partial charge in [0.15, 0.2) is 0 Å². The van der Waals surface area contributed by atoms with Crippen LogP contribution in [0.15, 0.2) is 0 Å². The Morgan fingerprint density at radius 2 is 1.73 bits per heavy atom. The topological polar surface area (TPSA) is 90.0 Å². The first-order valence-electron chi connectivity index (χ1n) is 11.2. The van der Waals surface area contributed by atoms with E-state index in [1.807, 2.05) is 34.6 Å². The van der Waals surface area contributed by atoms with Crippen LogP contribution in [0.25, 0.3) is 0 Å². The van der Waals surface area contributed by atoms with E-state index < -0.39 is 5.54 Å². The Labute approximate surface area is 179 Å². The molecule has 30 heavy (non-hydrogen) atoms. The van der Waals surface area contributed by atoms with Crippen LogP contribution >= 0.6 is 0 Å². The number of piperidine rings is 2. The molecule has 1 atom stereocenters. The highest BCUT2D eigenvalue weighted by molar-refractivity contribution is 6.07. The maximum atomic E-state index is 13.3. The van der Waals surface area contributed by atoms with Crippen molar-refractivity contribution in [1.29, 1.82) is 0 Å². The lowest BCUT2D eigenvalue weighted by Crippen LogP contribution is -2.57. The van der Waals surface area contributed by atoms with E-state index in [1.165, 1.54) is 4.90 Å². The monoisotopic (exact) mass is 420 g/mol. The van der Waals surface area contributed by atoms with Crippen LogP contribution in [0.2, 0.25) is 0 Å². The third-order valence-corrected chi connectivity index (χ3v) is 6.41. The predicted octanol–water partition coefficient (Wildman–Crippen LogP) is 1.98. The van der Waals surface area contributed by atoms with Crippen LogP contribution in [0, 0.1) is 11.3 Å². The zero-order valence-corrected chi connectivity index (χ0v) is 19.0. The summed E-state index contributed by atoms with van der Waals surface area (Å²) in [5.74, 6) is -0.115. The highest BCUT2D eigenvalue weighted by Gasteiger charge is 2.55. The summed E-state index contributed by atoms with van der Waals surface area (Å²) in [4.78, 5) is 56.0. The summed E-state index contributed by atoms with van der Waals surface area (Å²) in [5, 5.41) is 2.93. The van der Waals surface area contributed by atoms with Crippen molar-refractivity contribution in [2.24, 2.45) is 11.3 Å². The molecule has 3 rings (SSSR count). The molecular weight excluding hydrogens is 384 g/mol. The Balaban J connectivity index is 1.66. The van der Waals surface area contributed by atoms with Crippen molar-refractivity contribution in [2.75, 3.05) is 26.2 Å². The molecule has 8 heteroatoms. The molecule has 3 saturated heterocycles. The van der Waals surface area contributed by atoms with Gasteiger partial charge in [0.1, 0.15) is 5.54 Å². The van der Waals surface area contributed by atoms with Gasteiger partial charge in [-0.3, -0.25) is 19.3 Å². The summed E-state index contributed by atoms with van der Waals surface area (Å²) < 4.78 is 0. The smallest absolute Gasteiger partial charge is 0.325 e. The Kier molecular flexibility index (Phi) is 6.16. The molecular formula is C22H36N4O4. The first-order valence-corrected chi connectivity index (χ1v) is 11.2. The van der Waals surface area contributed by atoms with Crippen LogP contribution in [-0.2, 0) is 14.4 Å². The number of imide groups is 1. The van der Waals surface area contributed by atoms with Crippen molar-refractivity contribution in [3.05, 3.63) is 0 Å². The SMILES string of the molecule is CC(C)C(=O)N1CCC2(CC1)NC(=O)N(C1CCCN(C(=O)CC(C)(C)C)C1)C2=O. The second-order valence-corrected chi connectivity index (χ2v) is 10.5. The van der Waals surface area contributed by atoms with Gasteiger partial charge in [0.25, 0.3) is 5.91 Å². The van der Waals surface area contributed by atoms with Crippen LogP contribution in [0.4, 0.5) is 4.79 Å². The van der Waals surface area contributed by atoms with Crippen molar-refractivity contribution in [3.8, 4) is 0 Å². The van der Waals surface area contributed by atoms with Gasteiger partial charge in [-0.1, -0.05) is 34.6 Å². The summed E-state index contributed by atoms with van der Waals surface area (Å²) in [7, 11) is 0. The van der Waals surface area contributed by atoms with Crippen molar-refractivity contribution >= 4 is 23.8 Å². The van der Waals surface area contributed by atoms with Crippen molar-refractivity contribution in [2.45, 2.75) is 78.3 Å². The van der Waals surface area contributed by atoms with Gasteiger partial charge in [-0.15, -0.1) is 0 Å². The second kappa shape index (κ2) is 8.19. The van der Waals surface area contributed by atoms with E-state index in [-0.39, 0.29) is 41.1 Å². The maximum Gasteiger partial charge on any atom is 0.325 e.